The number of fused-ring (bicyclic) bond motifs is 1. The first-order valence-corrected chi connectivity index (χ1v) is 9.25. The van der Waals surface area contributed by atoms with Gasteiger partial charge in [0.1, 0.15) is 23.0 Å². The highest BCUT2D eigenvalue weighted by Crippen LogP contribution is 2.26. The van der Waals surface area contributed by atoms with Crippen LogP contribution in [0.25, 0.3) is 16.7 Å². The minimum absolute atomic E-state index is 0.572. The summed E-state index contributed by atoms with van der Waals surface area (Å²) in [6.07, 6.45) is 2.70. The number of anilines is 1. The van der Waals surface area contributed by atoms with Gasteiger partial charge in [0.05, 0.1) is 5.69 Å². The number of nitrogens with zero attached hydrogens (tertiary/aromatic N) is 7. The third kappa shape index (κ3) is 3.53. The Bertz CT molecular complexity index is 1180. The maximum atomic E-state index is 10.9. The molecule has 0 saturated carbocycles. The van der Waals surface area contributed by atoms with Crippen LogP contribution in [-0.4, -0.2) is 54.3 Å². The van der Waals surface area contributed by atoms with Gasteiger partial charge >= 0.3 is 0 Å². The van der Waals surface area contributed by atoms with Crippen LogP contribution < -0.4 is 4.90 Å². The second-order valence-corrected chi connectivity index (χ2v) is 7.01. The minimum Gasteiger partial charge on any atom is -0.377 e. The van der Waals surface area contributed by atoms with Crippen LogP contribution in [0.1, 0.15) is 18.4 Å². The van der Waals surface area contributed by atoms with E-state index in [4.69, 9.17) is 4.63 Å². The quantitative estimate of drug-likeness (QED) is 0.517. The third-order valence-electron chi connectivity index (χ3n) is 5.11. The fraction of sp³-hybridized carbons (Fsp3) is 0.250. The normalized spacial score (nSPS) is 15.8. The molecule has 0 unspecified atom stereocenters. The Morgan fingerprint density at radius 3 is 2.48 bits per heavy atom. The number of rotatable bonds is 2. The topological polar surface area (TPSA) is 106 Å². The molecule has 1 N–H and O–H groups in total. The number of tetrazole rings is 1. The maximum Gasteiger partial charge on any atom is 0.143 e. The van der Waals surface area contributed by atoms with Crippen LogP contribution in [0.4, 0.5) is 5.69 Å². The van der Waals surface area contributed by atoms with Crippen molar-refractivity contribution in [1.82, 2.24) is 30.5 Å². The van der Waals surface area contributed by atoms with Crippen molar-refractivity contribution in [2.24, 2.45) is 0 Å². The predicted octanol–water partition coefficient (Wildman–Crippen LogP) is 1.58. The molecule has 0 amide bonds. The highest BCUT2D eigenvalue weighted by molar-refractivity contribution is 5.74. The van der Waals surface area contributed by atoms with Crippen LogP contribution in [-0.2, 0) is 0 Å². The number of benzene rings is 2. The van der Waals surface area contributed by atoms with Gasteiger partial charge in [0.2, 0.25) is 0 Å². The highest BCUT2D eigenvalue weighted by Gasteiger charge is 2.30. The number of piperidine rings is 1. The Labute approximate surface area is 165 Å². The van der Waals surface area contributed by atoms with Crippen molar-refractivity contribution in [1.29, 1.82) is 0 Å². The number of hydrogen-bond donors (Lipinski definition) is 1. The molecule has 1 fully saturated rings. The molecule has 0 atom stereocenters. The summed E-state index contributed by atoms with van der Waals surface area (Å²) in [6.45, 7) is 1.45. The van der Waals surface area contributed by atoms with Gasteiger partial charge in [-0.2, -0.15) is 0 Å². The smallest absolute Gasteiger partial charge is 0.143 e. The summed E-state index contributed by atoms with van der Waals surface area (Å²) in [5.74, 6) is 6.11. The lowest BCUT2D eigenvalue weighted by atomic mass is 9.91. The number of aliphatic hydroxyl groups is 1. The van der Waals surface area contributed by atoms with Crippen molar-refractivity contribution in [3.05, 3.63) is 54.4 Å². The van der Waals surface area contributed by atoms with Gasteiger partial charge in [-0.3, -0.25) is 0 Å². The Kier molecular flexibility index (Phi) is 4.18. The summed E-state index contributed by atoms with van der Waals surface area (Å²) in [7, 11) is 0. The van der Waals surface area contributed by atoms with Gasteiger partial charge in [-0.25, -0.2) is 9.31 Å². The molecule has 0 radical (unpaired) electrons. The van der Waals surface area contributed by atoms with E-state index < -0.39 is 5.60 Å². The zero-order valence-electron chi connectivity index (χ0n) is 15.4. The van der Waals surface area contributed by atoms with E-state index in [1.54, 1.807) is 11.0 Å². The SMILES string of the molecule is OC1(C#Cc2ccc3nonc3c2)CCN(c2ccc(-n3cnnn3)cc2)CC1. The van der Waals surface area contributed by atoms with Crippen molar-refractivity contribution < 1.29 is 9.74 Å². The molecular formula is C20H17N7O2. The molecular weight excluding hydrogens is 370 g/mol. The molecule has 9 heteroatoms. The van der Waals surface area contributed by atoms with Gasteiger partial charge < -0.3 is 10.0 Å². The summed E-state index contributed by atoms with van der Waals surface area (Å²) in [6, 6.07) is 13.5. The first-order chi connectivity index (χ1) is 14.2. The zero-order chi connectivity index (χ0) is 19.7. The zero-order valence-corrected chi connectivity index (χ0v) is 15.4. The highest BCUT2D eigenvalue weighted by atomic mass is 16.6. The molecule has 4 aromatic rings. The van der Waals surface area contributed by atoms with E-state index in [2.05, 4.69) is 42.6 Å². The summed E-state index contributed by atoms with van der Waals surface area (Å²) in [4.78, 5) is 2.24. The van der Waals surface area contributed by atoms with Gasteiger partial charge in [0, 0.05) is 37.2 Å². The molecule has 29 heavy (non-hydrogen) atoms. The van der Waals surface area contributed by atoms with Crippen molar-refractivity contribution in [3.8, 4) is 17.5 Å². The number of hydrogen-bond acceptors (Lipinski definition) is 8. The van der Waals surface area contributed by atoms with Crippen LogP contribution >= 0.6 is 0 Å². The first-order valence-electron chi connectivity index (χ1n) is 9.25. The van der Waals surface area contributed by atoms with E-state index in [0.29, 0.717) is 23.9 Å². The van der Waals surface area contributed by atoms with Gasteiger partial charge in [-0.1, -0.05) is 11.8 Å². The summed E-state index contributed by atoms with van der Waals surface area (Å²) in [5, 5.41) is 29.7. The van der Waals surface area contributed by atoms with Crippen LogP contribution in [0.3, 0.4) is 0 Å². The fourth-order valence-electron chi connectivity index (χ4n) is 3.40. The van der Waals surface area contributed by atoms with Crippen LogP contribution in [0, 0.1) is 11.8 Å². The molecule has 0 bridgehead atoms. The lowest BCUT2D eigenvalue weighted by Gasteiger charge is -2.36. The summed E-state index contributed by atoms with van der Waals surface area (Å²) in [5.41, 5.74) is 3.12. The van der Waals surface area contributed by atoms with Gasteiger partial charge in [-0.15, -0.1) is 5.10 Å². The standard InChI is InChI=1S/C20H17N7O2/c28-20(8-7-15-1-6-18-19(13-15)23-29-22-18)9-11-26(12-10-20)16-2-4-17(5-3-16)27-14-21-24-25-27/h1-6,13-14,28H,9-12H2. The lowest BCUT2D eigenvalue weighted by Crippen LogP contribution is -2.43. The lowest BCUT2D eigenvalue weighted by molar-refractivity contribution is 0.0746. The Hall–Kier alpha value is -3.77. The van der Waals surface area contributed by atoms with Gasteiger partial charge in [0.15, 0.2) is 0 Å². The van der Waals surface area contributed by atoms with Crippen molar-refractivity contribution >= 4 is 16.7 Å². The molecule has 2 aromatic carbocycles. The van der Waals surface area contributed by atoms with Crippen LogP contribution in [0.2, 0.25) is 0 Å². The van der Waals surface area contributed by atoms with Crippen molar-refractivity contribution in [2.75, 3.05) is 18.0 Å². The summed E-state index contributed by atoms with van der Waals surface area (Å²) >= 11 is 0. The Morgan fingerprint density at radius 1 is 0.966 bits per heavy atom. The predicted molar refractivity (Wildman–Crippen MR) is 104 cm³/mol. The van der Waals surface area contributed by atoms with E-state index in [9.17, 15) is 5.11 Å². The first kappa shape index (κ1) is 17.3. The molecule has 144 valence electrons. The molecule has 9 nitrogen and oxygen atoms in total. The van der Waals surface area contributed by atoms with Crippen LogP contribution in [0.15, 0.2) is 53.4 Å². The fourth-order valence-corrected chi connectivity index (χ4v) is 3.40. The van der Waals surface area contributed by atoms with E-state index in [1.165, 1.54) is 0 Å². The number of aromatic nitrogens is 6. The van der Waals surface area contributed by atoms with Crippen molar-refractivity contribution in [2.45, 2.75) is 18.4 Å². The summed E-state index contributed by atoms with van der Waals surface area (Å²) < 4.78 is 6.31. The molecule has 2 aromatic heterocycles. The molecule has 5 rings (SSSR count). The molecule has 3 heterocycles. The average Bonchev–Trinajstić information content (AvgIpc) is 3.45. The Morgan fingerprint density at radius 2 is 1.72 bits per heavy atom. The van der Waals surface area contributed by atoms with Gasteiger partial charge in [0.25, 0.3) is 0 Å². The van der Waals surface area contributed by atoms with E-state index in [0.717, 1.165) is 30.0 Å². The molecule has 1 aliphatic heterocycles. The second-order valence-electron chi connectivity index (χ2n) is 7.01. The monoisotopic (exact) mass is 387 g/mol. The third-order valence-corrected chi connectivity index (χ3v) is 5.11. The second kappa shape index (κ2) is 7.00. The molecule has 1 aliphatic rings. The van der Waals surface area contributed by atoms with Crippen molar-refractivity contribution in [3.63, 3.8) is 0 Å². The maximum absolute atomic E-state index is 10.9. The van der Waals surface area contributed by atoms with E-state index in [-0.39, 0.29) is 0 Å². The largest absolute Gasteiger partial charge is 0.377 e. The molecule has 0 spiro atoms. The van der Waals surface area contributed by atoms with E-state index in [1.807, 2.05) is 42.5 Å². The van der Waals surface area contributed by atoms with Gasteiger partial charge in [-0.05, 0) is 63.2 Å². The Balaban J connectivity index is 1.26. The average molecular weight is 387 g/mol. The van der Waals surface area contributed by atoms with E-state index >= 15 is 0 Å². The molecule has 1 saturated heterocycles. The molecule has 0 aliphatic carbocycles. The minimum atomic E-state index is -1.00. The van der Waals surface area contributed by atoms with Crippen LogP contribution in [0.5, 0.6) is 0 Å².